The highest BCUT2D eigenvalue weighted by atomic mass is 35.5. The molecule has 2 aliphatic rings. The molecule has 1 fully saturated rings. The Labute approximate surface area is 193 Å². The molecule has 2 unspecified atom stereocenters. The number of nitrogens with two attached hydrogens (primary N) is 1. The van der Waals surface area contributed by atoms with Crippen LogP contribution < -0.4 is 15.2 Å². The summed E-state index contributed by atoms with van der Waals surface area (Å²) in [5.74, 6) is 0.960. The maximum atomic E-state index is 11.0. The van der Waals surface area contributed by atoms with Gasteiger partial charge in [-0.2, -0.15) is 8.42 Å². The van der Waals surface area contributed by atoms with Gasteiger partial charge in [0.15, 0.2) is 0 Å². The zero-order chi connectivity index (χ0) is 23.1. The standard InChI is InChI=1S/C22H28ClN3O5S/c1-22(2)11-19(17-4-3-14(23)8-18(17)22)26-21-10-15(5-6-25-21)31-16-7-13(20(27)9-16)12-30-32(24,28)29/h3-6,8,10,13,16,19-20,27H,7,9,11-12H2,1-2H3,(H,25,26)(H2,24,28,29)/t13?,16-,19?,20+/m1/s1. The fraction of sp³-hybridized carbons (Fsp3) is 0.500. The lowest BCUT2D eigenvalue weighted by Gasteiger charge is -2.20. The third-order valence-electron chi connectivity index (χ3n) is 6.25. The first-order valence-electron chi connectivity index (χ1n) is 10.5. The van der Waals surface area contributed by atoms with E-state index in [9.17, 15) is 13.5 Å². The SMILES string of the molecule is CC1(C)CC(Nc2cc(O[C@@H]3CC(COS(N)(=O)=O)[C@@H](O)C3)ccn2)c2ccc(Cl)cc21. The Balaban J connectivity index is 1.41. The molecule has 0 saturated heterocycles. The van der Waals surface area contributed by atoms with Gasteiger partial charge in [-0.05, 0) is 47.6 Å². The summed E-state index contributed by atoms with van der Waals surface area (Å²) >= 11 is 6.21. The fourth-order valence-corrected chi connectivity index (χ4v) is 5.26. The van der Waals surface area contributed by atoms with Crippen LogP contribution >= 0.6 is 11.6 Å². The number of nitrogens with one attached hydrogen (secondary N) is 1. The van der Waals surface area contributed by atoms with Gasteiger partial charge in [0.25, 0.3) is 0 Å². The molecule has 0 spiro atoms. The summed E-state index contributed by atoms with van der Waals surface area (Å²) in [7, 11) is -4.04. The summed E-state index contributed by atoms with van der Waals surface area (Å²) in [6.45, 7) is 4.25. The number of ether oxygens (including phenoxy) is 1. The maximum absolute atomic E-state index is 11.0. The minimum absolute atomic E-state index is 0.0000880. The van der Waals surface area contributed by atoms with Crippen molar-refractivity contribution in [2.45, 2.75) is 56.8 Å². The molecule has 0 aliphatic heterocycles. The van der Waals surface area contributed by atoms with Gasteiger partial charge < -0.3 is 15.2 Å². The number of nitrogens with zero attached hydrogens (tertiary/aromatic N) is 1. The van der Waals surface area contributed by atoms with E-state index in [4.69, 9.17) is 21.5 Å². The third-order valence-corrected chi connectivity index (χ3v) is 6.95. The predicted molar refractivity (Wildman–Crippen MR) is 122 cm³/mol. The summed E-state index contributed by atoms with van der Waals surface area (Å²) < 4.78 is 32.7. The van der Waals surface area contributed by atoms with Gasteiger partial charge in [0.05, 0.1) is 18.8 Å². The Bertz CT molecular complexity index is 1090. The largest absolute Gasteiger partial charge is 0.490 e. The summed E-state index contributed by atoms with van der Waals surface area (Å²) in [5.41, 5.74) is 2.45. The number of aliphatic hydroxyl groups is 1. The van der Waals surface area contributed by atoms with Crippen LogP contribution in [0.5, 0.6) is 5.75 Å². The highest BCUT2D eigenvalue weighted by molar-refractivity contribution is 7.84. The van der Waals surface area contributed by atoms with E-state index in [1.807, 2.05) is 18.2 Å². The van der Waals surface area contributed by atoms with Crippen molar-refractivity contribution in [3.05, 3.63) is 52.7 Å². The molecule has 0 radical (unpaired) electrons. The van der Waals surface area contributed by atoms with E-state index in [2.05, 4.69) is 34.4 Å². The van der Waals surface area contributed by atoms with Gasteiger partial charge >= 0.3 is 10.3 Å². The zero-order valence-corrected chi connectivity index (χ0v) is 19.6. The molecule has 4 atom stereocenters. The summed E-state index contributed by atoms with van der Waals surface area (Å²) in [5, 5.41) is 19.3. The highest BCUT2D eigenvalue weighted by Crippen LogP contribution is 2.46. The second-order valence-corrected chi connectivity index (χ2v) is 10.9. The Morgan fingerprint density at radius 2 is 2.06 bits per heavy atom. The fourth-order valence-electron chi connectivity index (χ4n) is 4.72. The average molecular weight is 482 g/mol. The van der Waals surface area contributed by atoms with Crippen molar-refractivity contribution in [2.75, 3.05) is 11.9 Å². The molecule has 0 amide bonds. The minimum atomic E-state index is -4.04. The van der Waals surface area contributed by atoms with Crippen molar-refractivity contribution < 1.29 is 22.4 Å². The molecular formula is C22H28ClN3O5S. The number of pyridine rings is 1. The van der Waals surface area contributed by atoms with Gasteiger partial charge in [0.2, 0.25) is 0 Å². The number of anilines is 1. The van der Waals surface area contributed by atoms with Crippen molar-refractivity contribution >= 4 is 27.7 Å². The first-order chi connectivity index (χ1) is 15.0. The van der Waals surface area contributed by atoms with E-state index in [0.717, 1.165) is 11.4 Å². The first kappa shape index (κ1) is 23.3. The summed E-state index contributed by atoms with van der Waals surface area (Å²) in [6.07, 6.45) is 2.46. The van der Waals surface area contributed by atoms with Crippen LogP contribution in [0.2, 0.25) is 5.02 Å². The van der Waals surface area contributed by atoms with Crippen molar-refractivity contribution in [3.63, 3.8) is 0 Å². The maximum Gasteiger partial charge on any atom is 0.333 e. The average Bonchev–Trinajstić information content (AvgIpc) is 3.16. The molecule has 1 aromatic carbocycles. The molecule has 174 valence electrons. The Morgan fingerprint density at radius 3 is 2.81 bits per heavy atom. The molecule has 2 aromatic rings. The second-order valence-electron chi connectivity index (χ2n) is 9.21. The van der Waals surface area contributed by atoms with Gasteiger partial charge in [-0.3, -0.25) is 4.18 Å². The summed E-state index contributed by atoms with van der Waals surface area (Å²) in [4.78, 5) is 4.43. The Kier molecular flexibility index (Phi) is 6.39. The zero-order valence-electron chi connectivity index (χ0n) is 18.0. The van der Waals surface area contributed by atoms with Gasteiger partial charge in [-0.25, -0.2) is 10.1 Å². The lowest BCUT2D eigenvalue weighted by atomic mass is 9.86. The van der Waals surface area contributed by atoms with Crippen molar-refractivity contribution in [1.82, 2.24) is 4.98 Å². The second kappa shape index (κ2) is 8.79. The van der Waals surface area contributed by atoms with Crippen LogP contribution in [0.4, 0.5) is 5.82 Å². The smallest absolute Gasteiger partial charge is 0.333 e. The number of halogens is 1. The molecule has 1 aromatic heterocycles. The molecule has 1 heterocycles. The first-order valence-corrected chi connectivity index (χ1v) is 12.4. The number of fused-ring (bicyclic) bond motifs is 1. The Hall–Kier alpha value is -1.91. The van der Waals surface area contributed by atoms with E-state index < -0.39 is 16.4 Å². The molecule has 2 aliphatic carbocycles. The van der Waals surface area contributed by atoms with Crippen molar-refractivity contribution in [2.24, 2.45) is 11.1 Å². The van der Waals surface area contributed by atoms with E-state index in [0.29, 0.717) is 24.4 Å². The van der Waals surface area contributed by atoms with Crippen LogP contribution in [0.3, 0.4) is 0 Å². The van der Waals surface area contributed by atoms with Crippen LogP contribution in [0.15, 0.2) is 36.5 Å². The van der Waals surface area contributed by atoms with Crippen LogP contribution in [-0.2, 0) is 19.9 Å². The van der Waals surface area contributed by atoms with E-state index >= 15 is 0 Å². The van der Waals surface area contributed by atoms with Crippen LogP contribution in [0.25, 0.3) is 0 Å². The Morgan fingerprint density at radius 1 is 1.28 bits per heavy atom. The third kappa shape index (κ3) is 5.35. The van der Waals surface area contributed by atoms with E-state index in [1.165, 1.54) is 11.1 Å². The van der Waals surface area contributed by atoms with Crippen LogP contribution in [0.1, 0.15) is 50.3 Å². The molecular weight excluding hydrogens is 454 g/mol. The highest BCUT2D eigenvalue weighted by Gasteiger charge is 2.37. The van der Waals surface area contributed by atoms with Gasteiger partial charge in [0.1, 0.15) is 17.7 Å². The van der Waals surface area contributed by atoms with E-state index in [-0.39, 0.29) is 30.1 Å². The van der Waals surface area contributed by atoms with Crippen LogP contribution in [-0.4, -0.2) is 37.3 Å². The molecule has 4 N–H and O–H groups in total. The normalized spacial score (nSPS) is 26.7. The molecule has 8 nitrogen and oxygen atoms in total. The number of aromatic nitrogens is 1. The number of hydrogen-bond donors (Lipinski definition) is 3. The number of benzene rings is 1. The van der Waals surface area contributed by atoms with Crippen molar-refractivity contribution in [3.8, 4) is 5.75 Å². The van der Waals surface area contributed by atoms with Crippen LogP contribution in [0, 0.1) is 5.92 Å². The van der Waals surface area contributed by atoms with Crippen molar-refractivity contribution in [1.29, 1.82) is 0 Å². The predicted octanol–water partition coefficient (Wildman–Crippen LogP) is 3.31. The molecule has 32 heavy (non-hydrogen) atoms. The molecule has 4 rings (SSSR count). The summed E-state index contributed by atoms with van der Waals surface area (Å²) in [6, 6.07) is 9.71. The van der Waals surface area contributed by atoms with Gasteiger partial charge in [0, 0.05) is 29.6 Å². The number of hydrogen-bond acceptors (Lipinski definition) is 7. The van der Waals surface area contributed by atoms with Gasteiger partial charge in [-0.15, -0.1) is 0 Å². The molecule has 10 heteroatoms. The number of rotatable bonds is 7. The quantitative estimate of drug-likeness (QED) is 0.554. The van der Waals surface area contributed by atoms with E-state index in [1.54, 1.807) is 12.3 Å². The monoisotopic (exact) mass is 481 g/mol. The topological polar surface area (TPSA) is 124 Å². The lowest BCUT2D eigenvalue weighted by molar-refractivity contribution is 0.0988. The molecule has 0 bridgehead atoms. The molecule has 1 saturated carbocycles. The number of aliphatic hydroxyl groups excluding tert-OH is 1. The van der Waals surface area contributed by atoms with Gasteiger partial charge in [-0.1, -0.05) is 31.5 Å². The minimum Gasteiger partial charge on any atom is -0.490 e. The lowest BCUT2D eigenvalue weighted by Crippen LogP contribution is -2.24.